The minimum atomic E-state index is -0.218. The molecule has 0 bridgehead atoms. The van der Waals surface area contributed by atoms with Crippen molar-refractivity contribution in [1.82, 2.24) is 9.88 Å². The van der Waals surface area contributed by atoms with Gasteiger partial charge in [-0.25, -0.2) is 14.4 Å². The Bertz CT molecular complexity index is 755. The molecule has 0 spiro atoms. The topological polar surface area (TPSA) is 70.9 Å². The summed E-state index contributed by atoms with van der Waals surface area (Å²) < 4.78 is 18.8. The van der Waals surface area contributed by atoms with Crippen molar-refractivity contribution < 1.29 is 8.81 Å². The Morgan fingerprint density at radius 3 is 2.42 bits per heavy atom. The van der Waals surface area contributed by atoms with E-state index in [1.807, 2.05) is 4.90 Å². The second-order valence-electron chi connectivity index (χ2n) is 7.49. The molecule has 0 saturated carbocycles. The molecular weight excluding hydrogens is 333 g/mol. The van der Waals surface area contributed by atoms with Crippen molar-refractivity contribution in [3.63, 3.8) is 0 Å². The van der Waals surface area contributed by atoms with E-state index in [0.717, 1.165) is 37.6 Å². The zero-order valence-corrected chi connectivity index (χ0v) is 15.6. The Kier molecular flexibility index (Phi) is 5.15. The summed E-state index contributed by atoms with van der Waals surface area (Å²) in [5.74, 6) is 1.70. The highest BCUT2D eigenvalue weighted by atomic mass is 19.1. The average Bonchev–Trinajstić information content (AvgIpc) is 3.10. The molecule has 0 radical (unpaired) electrons. The molecule has 1 fully saturated rings. The highest BCUT2D eigenvalue weighted by molar-refractivity contribution is 5.78. The molecular formula is C19H26FN5O. The third kappa shape index (κ3) is 4.33. The fourth-order valence-electron chi connectivity index (χ4n) is 2.82. The molecule has 3 rings (SSSR count). The number of nitrogens with zero attached hydrogens (tertiary/aromatic N) is 4. The fraction of sp³-hybridized carbons (Fsp3) is 0.474. The van der Waals surface area contributed by atoms with Crippen LogP contribution in [0.4, 0.5) is 10.1 Å². The lowest BCUT2D eigenvalue weighted by atomic mass is 9.94. The molecule has 1 aliphatic heterocycles. The molecule has 140 valence electrons. The Balaban J connectivity index is 1.54. The SMILES string of the molecule is CC(C)(C)c1cnc(CN=C(N)N2CCN(c3ccc(F)cc3)CC2)o1. The third-order valence-electron chi connectivity index (χ3n) is 4.46. The summed E-state index contributed by atoms with van der Waals surface area (Å²) in [5.41, 5.74) is 7.08. The van der Waals surface area contributed by atoms with Crippen molar-refractivity contribution in [3.05, 3.63) is 47.9 Å². The van der Waals surface area contributed by atoms with E-state index >= 15 is 0 Å². The molecule has 0 atom stereocenters. The van der Waals surface area contributed by atoms with Crippen LogP contribution < -0.4 is 10.6 Å². The number of halogens is 1. The summed E-state index contributed by atoms with van der Waals surface area (Å²) >= 11 is 0. The lowest BCUT2D eigenvalue weighted by Gasteiger charge is -2.36. The number of aliphatic imine (C=N–C) groups is 1. The van der Waals surface area contributed by atoms with Crippen molar-refractivity contribution in [2.24, 2.45) is 10.7 Å². The van der Waals surface area contributed by atoms with E-state index in [-0.39, 0.29) is 11.2 Å². The highest BCUT2D eigenvalue weighted by Gasteiger charge is 2.20. The maximum Gasteiger partial charge on any atom is 0.216 e. The Labute approximate surface area is 153 Å². The van der Waals surface area contributed by atoms with Crippen molar-refractivity contribution in [2.75, 3.05) is 31.1 Å². The lowest BCUT2D eigenvalue weighted by molar-refractivity contribution is 0.373. The van der Waals surface area contributed by atoms with Gasteiger partial charge in [-0.3, -0.25) is 0 Å². The van der Waals surface area contributed by atoms with Crippen molar-refractivity contribution in [2.45, 2.75) is 32.7 Å². The number of nitrogens with two attached hydrogens (primary N) is 1. The molecule has 2 aromatic rings. The molecule has 1 aromatic heterocycles. The minimum Gasteiger partial charge on any atom is -0.443 e. The number of oxazole rings is 1. The van der Waals surface area contributed by atoms with Crippen molar-refractivity contribution in [3.8, 4) is 0 Å². The van der Waals surface area contributed by atoms with Gasteiger partial charge in [-0.15, -0.1) is 0 Å². The molecule has 0 amide bonds. The predicted octanol–water partition coefficient (Wildman–Crippen LogP) is 2.75. The van der Waals surface area contributed by atoms with Gasteiger partial charge in [0.2, 0.25) is 5.89 Å². The van der Waals surface area contributed by atoms with Gasteiger partial charge in [0.15, 0.2) is 5.96 Å². The van der Waals surface area contributed by atoms with Crippen LogP contribution >= 0.6 is 0 Å². The van der Waals surface area contributed by atoms with Gasteiger partial charge in [0.1, 0.15) is 18.1 Å². The van der Waals surface area contributed by atoms with Crippen LogP contribution in [0.1, 0.15) is 32.4 Å². The van der Waals surface area contributed by atoms with E-state index in [4.69, 9.17) is 10.2 Å². The largest absolute Gasteiger partial charge is 0.443 e. The van der Waals surface area contributed by atoms with Crippen LogP contribution in [0, 0.1) is 5.82 Å². The van der Waals surface area contributed by atoms with Crippen LogP contribution in [0.5, 0.6) is 0 Å². The molecule has 2 N–H and O–H groups in total. The van der Waals surface area contributed by atoms with Crippen LogP contribution in [0.25, 0.3) is 0 Å². The summed E-state index contributed by atoms with van der Waals surface area (Å²) in [6.07, 6.45) is 1.75. The summed E-state index contributed by atoms with van der Waals surface area (Å²) in [6, 6.07) is 6.58. The van der Waals surface area contributed by atoms with E-state index in [9.17, 15) is 4.39 Å². The number of hydrogen-bond acceptors (Lipinski definition) is 4. The summed E-state index contributed by atoms with van der Waals surface area (Å²) in [6.45, 7) is 9.74. The van der Waals surface area contributed by atoms with Gasteiger partial charge in [0, 0.05) is 37.3 Å². The molecule has 6 nitrogen and oxygen atoms in total. The van der Waals surface area contributed by atoms with Gasteiger partial charge in [0.05, 0.1) is 6.20 Å². The standard InChI is InChI=1S/C19H26FN5O/c1-19(2,3)16-12-22-17(26-16)13-23-18(21)25-10-8-24(9-11-25)15-6-4-14(20)5-7-15/h4-7,12H,8-11,13H2,1-3H3,(H2,21,23). The molecule has 2 heterocycles. The molecule has 1 saturated heterocycles. The van der Waals surface area contributed by atoms with E-state index in [0.29, 0.717) is 18.4 Å². The minimum absolute atomic E-state index is 0.0722. The van der Waals surface area contributed by atoms with Crippen LogP contribution in [-0.4, -0.2) is 42.0 Å². The molecule has 1 aliphatic rings. The molecule has 26 heavy (non-hydrogen) atoms. The van der Waals surface area contributed by atoms with E-state index in [1.165, 1.54) is 12.1 Å². The van der Waals surface area contributed by atoms with Gasteiger partial charge < -0.3 is 20.0 Å². The van der Waals surface area contributed by atoms with Crippen LogP contribution in [-0.2, 0) is 12.0 Å². The monoisotopic (exact) mass is 359 g/mol. The predicted molar refractivity (Wildman–Crippen MR) is 101 cm³/mol. The first-order chi connectivity index (χ1) is 12.3. The number of rotatable bonds is 3. The number of hydrogen-bond donors (Lipinski definition) is 1. The average molecular weight is 359 g/mol. The van der Waals surface area contributed by atoms with E-state index in [1.54, 1.807) is 18.3 Å². The highest BCUT2D eigenvalue weighted by Crippen LogP contribution is 2.23. The Morgan fingerprint density at radius 2 is 1.85 bits per heavy atom. The summed E-state index contributed by atoms with van der Waals surface area (Å²) in [5, 5.41) is 0. The number of aromatic nitrogens is 1. The third-order valence-corrected chi connectivity index (χ3v) is 4.46. The maximum absolute atomic E-state index is 13.0. The summed E-state index contributed by atoms with van der Waals surface area (Å²) in [4.78, 5) is 13.0. The number of benzene rings is 1. The van der Waals surface area contributed by atoms with E-state index < -0.39 is 0 Å². The molecule has 0 unspecified atom stereocenters. The van der Waals surface area contributed by atoms with Crippen LogP contribution in [0.15, 0.2) is 39.9 Å². The number of piperazine rings is 1. The first-order valence-electron chi connectivity index (χ1n) is 8.83. The van der Waals surface area contributed by atoms with Crippen molar-refractivity contribution >= 4 is 11.6 Å². The van der Waals surface area contributed by atoms with E-state index in [2.05, 4.69) is 35.6 Å². The first-order valence-corrected chi connectivity index (χ1v) is 8.83. The maximum atomic E-state index is 13.0. The second kappa shape index (κ2) is 7.35. The van der Waals surface area contributed by atoms with Crippen LogP contribution in [0.3, 0.4) is 0 Å². The first kappa shape index (κ1) is 18.2. The zero-order valence-electron chi connectivity index (χ0n) is 15.6. The van der Waals surface area contributed by atoms with Gasteiger partial charge in [-0.2, -0.15) is 0 Å². The van der Waals surface area contributed by atoms with Crippen molar-refractivity contribution in [1.29, 1.82) is 0 Å². The van der Waals surface area contributed by atoms with Gasteiger partial charge >= 0.3 is 0 Å². The molecule has 7 heteroatoms. The fourth-order valence-corrected chi connectivity index (χ4v) is 2.82. The Hall–Kier alpha value is -2.57. The quantitative estimate of drug-likeness (QED) is 0.674. The van der Waals surface area contributed by atoms with Gasteiger partial charge in [-0.05, 0) is 24.3 Å². The normalized spacial score (nSPS) is 16.2. The smallest absolute Gasteiger partial charge is 0.216 e. The van der Waals surface area contributed by atoms with Gasteiger partial charge in [0.25, 0.3) is 0 Å². The Morgan fingerprint density at radius 1 is 1.19 bits per heavy atom. The number of anilines is 1. The molecule has 1 aromatic carbocycles. The molecule has 0 aliphatic carbocycles. The zero-order chi connectivity index (χ0) is 18.7. The lowest BCUT2D eigenvalue weighted by Crippen LogP contribution is -2.51. The number of guanidine groups is 1. The second-order valence-corrected chi connectivity index (χ2v) is 7.49. The van der Waals surface area contributed by atoms with Crippen LogP contribution in [0.2, 0.25) is 0 Å². The summed E-state index contributed by atoms with van der Waals surface area (Å²) in [7, 11) is 0. The van der Waals surface area contributed by atoms with Gasteiger partial charge in [-0.1, -0.05) is 20.8 Å².